The first-order chi connectivity index (χ1) is 5.31. The van der Waals surface area contributed by atoms with Gasteiger partial charge in [-0.2, -0.15) is 5.06 Å². The second-order valence-electron chi connectivity index (χ2n) is 2.74. The van der Waals surface area contributed by atoms with Crippen molar-refractivity contribution >= 4 is 0 Å². The van der Waals surface area contributed by atoms with Gasteiger partial charge in [-0.1, -0.05) is 26.2 Å². The van der Waals surface area contributed by atoms with Crippen LogP contribution in [0.15, 0.2) is 0 Å². The molecule has 0 amide bonds. The molecule has 3 heteroatoms. The minimum atomic E-state index is 0.0320. The molecule has 0 bridgehead atoms. The molecule has 0 fully saturated rings. The molecular formula is C8H19NO2. The highest BCUT2D eigenvalue weighted by Crippen LogP contribution is 1.99. The van der Waals surface area contributed by atoms with E-state index < -0.39 is 0 Å². The van der Waals surface area contributed by atoms with Crippen LogP contribution in [0.25, 0.3) is 0 Å². The molecular weight excluding hydrogens is 142 g/mol. The van der Waals surface area contributed by atoms with Gasteiger partial charge in [0.25, 0.3) is 0 Å². The van der Waals surface area contributed by atoms with Gasteiger partial charge in [0.05, 0.1) is 6.61 Å². The molecule has 3 nitrogen and oxygen atoms in total. The number of unbranched alkanes of at least 4 members (excludes halogenated alkanes) is 3. The molecule has 2 N–H and O–H groups in total. The molecule has 68 valence electrons. The van der Waals surface area contributed by atoms with E-state index in [0.717, 1.165) is 6.42 Å². The monoisotopic (exact) mass is 161 g/mol. The summed E-state index contributed by atoms with van der Waals surface area (Å²) in [5.41, 5.74) is 0. The first-order valence-corrected chi connectivity index (χ1v) is 4.36. The zero-order valence-electron chi connectivity index (χ0n) is 7.29. The lowest BCUT2D eigenvalue weighted by atomic mass is 10.2. The van der Waals surface area contributed by atoms with E-state index in [4.69, 9.17) is 10.3 Å². The molecule has 0 aromatic heterocycles. The van der Waals surface area contributed by atoms with Crippen LogP contribution >= 0.6 is 0 Å². The number of aliphatic hydroxyl groups excluding tert-OH is 1. The third-order valence-electron chi connectivity index (χ3n) is 1.63. The first-order valence-electron chi connectivity index (χ1n) is 4.36. The maximum atomic E-state index is 9.02. The molecule has 0 saturated carbocycles. The van der Waals surface area contributed by atoms with Crippen LogP contribution in [0.5, 0.6) is 0 Å². The third-order valence-corrected chi connectivity index (χ3v) is 1.63. The molecule has 0 aliphatic rings. The summed E-state index contributed by atoms with van der Waals surface area (Å²) in [6, 6.07) is 0. The van der Waals surface area contributed by atoms with Crippen LogP contribution in [0.1, 0.15) is 32.6 Å². The van der Waals surface area contributed by atoms with Crippen molar-refractivity contribution in [2.45, 2.75) is 32.6 Å². The number of rotatable bonds is 7. The zero-order valence-corrected chi connectivity index (χ0v) is 7.29. The van der Waals surface area contributed by atoms with E-state index in [1.807, 2.05) is 0 Å². The van der Waals surface area contributed by atoms with Gasteiger partial charge >= 0.3 is 0 Å². The lowest BCUT2D eigenvalue weighted by Gasteiger charge is -2.11. The Kier molecular flexibility index (Phi) is 7.89. The summed E-state index contributed by atoms with van der Waals surface area (Å²) in [5, 5.41) is 18.6. The van der Waals surface area contributed by atoms with Crippen molar-refractivity contribution in [3.05, 3.63) is 0 Å². The van der Waals surface area contributed by atoms with Crippen molar-refractivity contribution in [2.75, 3.05) is 19.7 Å². The summed E-state index contributed by atoms with van der Waals surface area (Å²) >= 11 is 0. The lowest BCUT2D eigenvalue weighted by molar-refractivity contribution is -0.0991. The summed E-state index contributed by atoms with van der Waals surface area (Å²) < 4.78 is 0. The molecule has 0 heterocycles. The molecule has 0 unspecified atom stereocenters. The van der Waals surface area contributed by atoms with Gasteiger partial charge < -0.3 is 10.3 Å². The zero-order chi connectivity index (χ0) is 8.53. The lowest BCUT2D eigenvalue weighted by Crippen LogP contribution is -2.23. The average molecular weight is 161 g/mol. The summed E-state index contributed by atoms with van der Waals surface area (Å²) in [6.45, 7) is 3.24. The van der Waals surface area contributed by atoms with E-state index in [9.17, 15) is 0 Å². The minimum absolute atomic E-state index is 0.0320. The van der Waals surface area contributed by atoms with Gasteiger partial charge in [-0.25, -0.2) is 0 Å². The molecule has 0 rings (SSSR count). The Labute approximate surface area is 68.6 Å². The highest BCUT2D eigenvalue weighted by molar-refractivity contribution is 4.45. The topological polar surface area (TPSA) is 43.7 Å². The molecule has 0 saturated heterocycles. The van der Waals surface area contributed by atoms with Gasteiger partial charge in [0, 0.05) is 13.1 Å². The van der Waals surface area contributed by atoms with Crippen LogP contribution in [0, 0.1) is 0 Å². The standard InChI is InChI=1S/C8H19NO2/c1-2-3-4-5-6-9(11)7-8-10/h10-11H,2-8H2,1H3. The average Bonchev–Trinajstić information content (AvgIpc) is 1.99. The summed E-state index contributed by atoms with van der Waals surface area (Å²) in [7, 11) is 0. The highest BCUT2D eigenvalue weighted by Gasteiger charge is 1.97. The SMILES string of the molecule is CCCCCCN(O)CCO. The minimum Gasteiger partial charge on any atom is -0.395 e. The molecule has 11 heavy (non-hydrogen) atoms. The van der Waals surface area contributed by atoms with Crippen LogP contribution in [0.3, 0.4) is 0 Å². The maximum Gasteiger partial charge on any atom is 0.0581 e. The maximum absolute atomic E-state index is 9.02. The van der Waals surface area contributed by atoms with Crippen molar-refractivity contribution in [3.63, 3.8) is 0 Å². The predicted molar refractivity (Wildman–Crippen MR) is 44.6 cm³/mol. The summed E-state index contributed by atoms with van der Waals surface area (Å²) in [4.78, 5) is 0. The van der Waals surface area contributed by atoms with Crippen LogP contribution in [-0.4, -0.2) is 35.1 Å². The molecule has 0 aromatic rings. The predicted octanol–water partition coefficient (Wildman–Crippen LogP) is 1.25. The van der Waals surface area contributed by atoms with Crippen LogP contribution in [-0.2, 0) is 0 Å². The van der Waals surface area contributed by atoms with Gasteiger partial charge in [-0.05, 0) is 6.42 Å². The first kappa shape index (κ1) is 10.9. The normalized spacial score (nSPS) is 10.9. The Balaban J connectivity index is 2.97. The number of nitrogens with zero attached hydrogens (tertiary/aromatic N) is 1. The smallest absolute Gasteiger partial charge is 0.0581 e. The van der Waals surface area contributed by atoms with Gasteiger partial charge in [0.1, 0.15) is 0 Å². The largest absolute Gasteiger partial charge is 0.395 e. The molecule has 0 radical (unpaired) electrons. The quantitative estimate of drug-likeness (QED) is 0.436. The van der Waals surface area contributed by atoms with Crippen molar-refractivity contribution in [1.82, 2.24) is 5.06 Å². The molecule has 0 aliphatic carbocycles. The Hall–Kier alpha value is -0.120. The molecule has 0 aromatic carbocycles. The Bertz CT molecular complexity index is 78.5. The van der Waals surface area contributed by atoms with E-state index in [-0.39, 0.29) is 6.61 Å². The van der Waals surface area contributed by atoms with E-state index in [2.05, 4.69) is 6.92 Å². The fourth-order valence-electron chi connectivity index (χ4n) is 0.948. The van der Waals surface area contributed by atoms with E-state index >= 15 is 0 Å². The van der Waals surface area contributed by atoms with E-state index in [1.54, 1.807) is 0 Å². The van der Waals surface area contributed by atoms with Crippen LogP contribution < -0.4 is 0 Å². The van der Waals surface area contributed by atoms with Crippen molar-refractivity contribution in [2.24, 2.45) is 0 Å². The molecule has 0 aliphatic heterocycles. The van der Waals surface area contributed by atoms with Crippen molar-refractivity contribution in [1.29, 1.82) is 0 Å². The molecule has 0 atom stereocenters. The number of hydrogen-bond donors (Lipinski definition) is 2. The Morgan fingerprint density at radius 1 is 1.09 bits per heavy atom. The number of aliphatic hydroxyl groups is 1. The number of hydroxylamine groups is 2. The van der Waals surface area contributed by atoms with E-state index in [1.165, 1.54) is 24.3 Å². The van der Waals surface area contributed by atoms with Crippen molar-refractivity contribution in [3.8, 4) is 0 Å². The van der Waals surface area contributed by atoms with Crippen LogP contribution in [0.4, 0.5) is 0 Å². The Morgan fingerprint density at radius 3 is 2.36 bits per heavy atom. The van der Waals surface area contributed by atoms with Gasteiger partial charge in [0.15, 0.2) is 0 Å². The van der Waals surface area contributed by atoms with E-state index in [0.29, 0.717) is 13.1 Å². The van der Waals surface area contributed by atoms with Crippen molar-refractivity contribution < 1.29 is 10.3 Å². The Morgan fingerprint density at radius 2 is 1.82 bits per heavy atom. The van der Waals surface area contributed by atoms with Gasteiger partial charge in [-0.15, -0.1) is 0 Å². The fourth-order valence-corrected chi connectivity index (χ4v) is 0.948. The van der Waals surface area contributed by atoms with Crippen LogP contribution in [0.2, 0.25) is 0 Å². The third kappa shape index (κ3) is 7.78. The van der Waals surface area contributed by atoms with Gasteiger partial charge in [-0.3, -0.25) is 0 Å². The molecule has 0 spiro atoms. The highest BCUT2D eigenvalue weighted by atomic mass is 16.5. The summed E-state index contributed by atoms with van der Waals surface area (Å²) in [5.74, 6) is 0. The summed E-state index contributed by atoms with van der Waals surface area (Å²) in [6.07, 6.45) is 4.63. The second kappa shape index (κ2) is 7.98. The number of hydrogen-bond acceptors (Lipinski definition) is 3. The second-order valence-corrected chi connectivity index (χ2v) is 2.74. The fraction of sp³-hybridized carbons (Fsp3) is 1.00. The van der Waals surface area contributed by atoms with Gasteiger partial charge in [0.2, 0.25) is 0 Å².